The second-order valence-electron chi connectivity index (χ2n) is 2.34. The maximum atomic E-state index is 12.7. The standard InChI is InChI=1S/C9H8FNO/c1-2-6-3-7(9(11)12)5-8(10)4-6/h2-5H,1H2,(H2,11,12). The molecule has 0 radical (unpaired) electrons. The maximum Gasteiger partial charge on any atom is 0.248 e. The van der Waals surface area contributed by atoms with Gasteiger partial charge in [0.15, 0.2) is 0 Å². The van der Waals surface area contributed by atoms with Gasteiger partial charge in [-0.3, -0.25) is 4.79 Å². The first-order chi connectivity index (χ1) is 5.63. The van der Waals surface area contributed by atoms with Crippen LogP contribution in [0.3, 0.4) is 0 Å². The first kappa shape index (κ1) is 8.46. The molecule has 1 aromatic rings. The molecule has 0 saturated heterocycles. The number of hydrogen-bond donors (Lipinski definition) is 1. The number of primary amides is 1. The van der Waals surface area contributed by atoms with Crippen LogP contribution in [0.25, 0.3) is 6.08 Å². The molecule has 0 fully saturated rings. The number of hydrogen-bond acceptors (Lipinski definition) is 1. The molecule has 62 valence electrons. The summed E-state index contributed by atoms with van der Waals surface area (Å²) >= 11 is 0. The van der Waals surface area contributed by atoms with Crippen LogP contribution in [0.1, 0.15) is 15.9 Å². The highest BCUT2D eigenvalue weighted by molar-refractivity contribution is 5.93. The minimum atomic E-state index is -0.641. The van der Waals surface area contributed by atoms with Crippen molar-refractivity contribution in [2.24, 2.45) is 5.73 Å². The molecule has 0 bridgehead atoms. The van der Waals surface area contributed by atoms with Gasteiger partial charge in [-0.05, 0) is 23.8 Å². The van der Waals surface area contributed by atoms with Gasteiger partial charge in [0.2, 0.25) is 5.91 Å². The molecule has 1 aromatic carbocycles. The van der Waals surface area contributed by atoms with E-state index in [-0.39, 0.29) is 5.56 Å². The molecule has 1 amide bonds. The Bertz CT molecular complexity index is 333. The Morgan fingerprint density at radius 1 is 1.50 bits per heavy atom. The third kappa shape index (κ3) is 1.69. The van der Waals surface area contributed by atoms with Gasteiger partial charge < -0.3 is 5.73 Å². The first-order valence-corrected chi connectivity index (χ1v) is 3.36. The first-order valence-electron chi connectivity index (χ1n) is 3.36. The van der Waals surface area contributed by atoms with Crippen molar-refractivity contribution in [1.82, 2.24) is 0 Å². The third-order valence-electron chi connectivity index (χ3n) is 1.44. The van der Waals surface area contributed by atoms with Gasteiger partial charge in [0.25, 0.3) is 0 Å². The minimum absolute atomic E-state index is 0.157. The predicted molar refractivity (Wildman–Crippen MR) is 45.0 cm³/mol. The fourth-order valence-electron chi connectivity index (χ4n) is 0.872. The molecule has 2 N–H and O–H groups in total. The molecular formula is C9H8FNO. The molecule has 0 aliphatic carbocycles. The van der Waals surface area contributed by atoms with E-state index < -0.39 is 11.7 Å². The van der Waals surface area contributed by atoms with Gasteiger partial charge in [0.05, 0.1) is 0 Å². The highest BCUT2D eigenvalue weighted by atomic mass is 19.1. The van der Waals surface area contributed by atoms with Gasteiger partial charge >= 0.3 is 0 Å². The zero-order valence-electron chi connectivity index (χ0n) is 6.38. The van der Waals surface area contributed by atoms with E-state index in [4.69, 9.17) is 5.73 Å². The van der Waals surface area contributed by atoms with Crippen molar-refractivity contribution < 1.29 is 9.18 Å². The Kier molecular flexibility index (Phi) is 2.24. The van der Waals surface area contributed by atoms with Crippen molar-refractivity contribution in [3.05, 3.63) is 41.7 Å². The lowest BCUT2D eigenvalue weighted by Crippen LogP contribution is -2.11. The Morgan fingerprint density at radius 2 is 2.17 bits per heavy atom. The number of rotatable bonds is 2. The molecule has 3 heteroatoms. The Morgan fingerprint density at radius 3 is 2.67 bits per heavy atom. The largest absolute Gasteiger partial charge is 0.366 e. The van der Waals surface area contributed by atoms with Crippen LogP contribution in [-0.4, -0.2) is 5.91 Å². The van der Waals surface area contributed by atoms with E-state index in [1.807, 2.05) is 0 Å². The highest BCUT2D eigenvalue weighted by Gasteiger charge is 2.02. The van der Waals surface area contributed by atoms with Crippen LogP contribution in [0.2, 0.25) is 0 Å². The van der Waals surface area contributed by atoms with Gasteiger partial charge in [0, 0.05) is 5.56 Å². The van der Waals surface area contributed by atoms with Gasteiger partial charge in [0.1, 0.15) is 5.82 Å². The number of amides is 1. The lowest BCUT2D eigenvalue weighted by molar-refractivity contribution is 0.1000. The average molecular weight is 165 g/mol. The van der Waals surface area contributed by atoms with E-state index in [1.54, 1.807) is 0 Å². The van der Waals surface area contributed by atoms with Crippen LogP contribution in [0, 0.1) is 5.82 Å². The molecule has 0 saturated carbocycles. The molecule has 0 aliphatic heterocycles. The van der Waals surface area contributed by atoms with Crippen molar-refractivity contribution >= 4 is 12.0 Å². The fraction of sp³-hybridized carbons (Fsp3) is 0. The number of carbonyl (C=O) groups is 1. The van der Waals surface area contributed by atoms with Gasteiger partial charge in [-0.1, -0.05) is 12.7 Å². The van der Waals surface area contributed by atoms with Gasteiger partial charge in [-0.15, -0.1) is 0 Å². The zero-order valence-corrected chi connectivity index (χ0v) is 6.38. The summed E-state index contributed by atoms with van der Waals surface area (Å²) in [6, 6.07) is 3.85. The van der Waals surface area contributed by atoms with E-state index in [0.29, 0.717) is 5.56 Å². The van der Waals surface area contributed by atoms with Crippen LogP contribution >= 0.6 is 0 Å². The van der Waals surface area contributed by atoms with E-state index in [1.165, 1.54) is 18.2 Å². The van der Waals surface area contributed by atoms with Crippen molar-refractivity contribution in [1.29, 1.82) is 0 Å². The summed E-state index contributed by atoms with van der Waals surface area (Å²) in [5.74, 6) is -1.13. The normalized spacial score (nSPS) is 9.42. The molecule has 0 aliphatic rings. The van der Waals surface area contributed by atoms with Crippen molar-refractivity contribution in [2.45, 2.75) is 0 Å². The van der Waals surface area contributed by atoms with Crippen LogP contribution in [0.5, 0.6) is 0 Å². The molecule has 0 atom stereocenters. The Labute approximate surface area is 69.5 Å². The summed E-state index contributed by atoms with van der Waals surface area (Å²) in [6.07, 6.45) is 1.45. The molecule has 0 aromatic heterocycles. The monoisotopic (exact) mass is 165 g/mol. The zero-order chi connectivity index (χ0) is 9.14. The van der Waals surface area contributed by atoms with Crippen LogP contribution < -0.4 is 5.73 Å². The number of nitrogens with two attached hydrogens (primary N) is 1. The molecular weight excluding hydrogens is 157 g/mol. The van der Waals surface area contributed by atoms with Crippen molar-refractivity contribution in [2.75, 3.05) is 0 Å². The molecule has 2 nitrogen and oxygen atoms in total. The van der Waals surface area contributed by atoms with E-state index in [0.717, 1.165) is 6.07 Å². The molecule has 1 rings (SSSR count). The molecule has 0 heterocycles. The molecule has 12 heavy (non-hydrogen) atoms. The summed E-state index contributed by atoms with van der Waals surface area (Å²) < 4.78 is 12.7. The van der Waals surface area contributed by atoms with Crippen LogP contribution in [0.4, 0.5) is 4.39 Å². The van der Waals surface area contributed by atoms with E-state index in [2.05, 4.69) is 6.58 Å². The van der Waals surface area contributed by atoms with Crippen molar-refractivity contribution in [3.63, 3.8) is 0 Å². The second kappa shape index (κ2) is 3.17. The summed E-state index contributed by atoms with van der Waals surface area (Å²) in [5, 5.41) is 0. The van der Waals surface area contributed by atoms with Crippen LogP contribution in [0.15, 0.2) is 24.8 Å². The van der Waals surface area contributed by atoms with Crippen molar-refractivity contribution in [3.8, 4) is 0 Å². The number of benzene rings is 1. The Hall–Kier alpha value is -1.64. The van der Waals surface area contributed by atoms with Gasteiger partial charge in [-0.2, -0.15) is 0 Å². The smallest absolute Gasteiger partial charge is 0.248 e. The summed E-state index contributed by atoms with van der Waals surface area (Å²) in [6.45, 7) is 3.45. The SMILES string of the molecule is C=Cc1cc(F)cc(C(N)=O)c1. The highest BCUT2D eigenvalue weighted by Crippen LogP contribution is 2.09. The lowest BCUT2D eigenvalue weighted by atomic mass is 10.1. The summed E-state index contributed by atoms with van der Waals surface area (Å²) in [4.78, 5) is 10.6. The third-order valence-corrected chi connectivity index (χ3v) is 1.44. The summed E-state index contributed by atoms with van der Waals surface area (Å²) in [7, 11) is 0. The van der Waals surface area contributed by atoms with E-state index in [9.17, 15) is 9.18 Å². The topological polar surface area (TPSA) is 43.1 Å². The second-order valence-corrected chi connectivity index (χ2v) is 2.34. The Balaban J connectivity index is 3.23. The van der Waals surface area contributed by atoms with Crippen LogP contribution in [-0.2, 0) is 0 Å². The van der Waals surface area contributed by atoms with Gasteiger partial charge in [-0.25, -0.2) is 4.39 Å². The fourth-order valence-corrected chi connectivity index (χ4v) is 0.872. The number of halogens is 1. The molecule has 0 unspecified atom stereocenters. The van der Waals surface area contributed by atoms with E-state index >= 15 is 0 Å². The quantitative estimate of drug-likeness (QED) is 0.710. The maximum absolute atomic E-state index is 12.7. The minimum Gasteiger partial charge on any atom is -0.366 e. The molecule has 0 spiro atoms. The number of carbonyl (C=O) groups excluding carboxylic acids is 1. The summed E-state index contributed by atoms with van der Waals surface area (Å²) in [5.41, 5.74) is 5.67. The predicted octanol–water partition coefficient (Wildman–Crippen LogP) is 1.57. The lowest BCUT2D eigenvalue weighted by Gasteiger charge is -1.98. The average Bonchev–Trinajstić information content (AvgIpc) is 2.03.